The van der Waals surface area contributed by atoms with Crippen molar-refractivity contribution in [2.24, 2.45) is 5.92 Å². The number of nitrogens with zero attached hydrogens (tertiary/aromatic N) is 7. The summed E-state index contributed by atoms with van der Waals surface area (Å²) in [6.45, 7) is 2.44. The molecule has 0 aliphatic heterocycles. The highest BCUT2D eigenvalue weighted by atomic mass is 19.1. The molecule has 5 heterocycles. The van der Waals surface area contributed by atoms with Gasteiger partial charge >= 0.3 is 0 Å². The molecule has 1 aliphatic rings. The fourth-order valence-corrected chi connectivity index (χ4v) is 4.27. The number of aromatic nitrogens is 7. The molecule has 0 amide bonds. The van der Waals surface area contributed by atoms with Gasteiger partial charge in [-0.25, -0.2) is 14.6 Å². The molecule has 0 spiro atoms. The van der Waals surface area contributed by atoms with Crippen molar-refractivity contribution in [3.8, 4) is 11.3 Å². The van der Waals surface area contributed by atoms with Crippen LogP contribution in [0.1, 0.15) is 30.5 Å². The first-order valence-corrected chi connectivity index (χ1v) is 10.9. The summed E-state index contributed by atoms with van der Waals surface area (Å²) in [6, 6.07) is 7.82. The molecular formula is C23H23FN8. The molecule has 0 saturated heterocycles. The van der Waals surface area contributed by atoms with E-state index in [1.54, 1.807) is 15.3 Å². The minimum atomic E-state index is -0.520. The first-order valence-electron chi connectivity index (χ1n) is 10.9. The van der Waals surface area contributed by atoms with E-state index in [9.17, 15) is 4.39 Å². The first-order chi connectivity index (χ1) is 15.7. The zero-order valence-electron chi connectivity index (χ0n) is 17.5. The molecule has 6 rings (SSSR count). The summed E-state index contributed by atoms with van der Waals surface area (Å²) in [4.78, 5) is 8.44. The molecule has 0 unspecified atom stereocenters. The standard InChI is InChI=1S/C23H23FN8/c24-23-22-19(5-2-8-30(22)15-26-23)20-14-32(29-28-20)13-18-12-31-11-17(6-7-21(31)27-18)10-25-9-16-3-1-4-16/h2,5-8,11-12,14-16,25H,1,3-4,9-10,13H2. The monoisotopic (exact) mass is 430 g/mol. The number of hydrogen-bond acceptors (Lipinski definition) is 5. The van der Waals surface area contributed by atoms with Gasteiger partial charge < -0.3 is 14.1 Å². The van der Waals surface area contributed by atoms with Crippen molar-refractivity contribution in [3.63, 3.8) is 0 Å². The Morgan fingerprint density at radius 1 is 1.09 bits per heavy atom. The average molecular weight is 430 g/mol. The summed E-state index contributed by atoms with van der Waals surface area (Å²) in [5.74, 6) is 0.331. The molecule has 1 fully saturated rings. The molecule has 0 atom stereocenters. The maximum atomic E-state index is 14.1. The van der Waals surface area contributed by atoms with E-state index in [0.717, 1.165) is 30.3 Å². The number of hydrogen-bond donors (Lipinski definition) is 1. The van der Waals surface area contributed by atoms with Crippen LogP contribution in [0.2, 0.25) is 0 Å². The van der Waals surface area contributed by atoms with E-state index in [0.29, 0.717) is 23.3 Å². The fourth-order valence-electron chi connectivity index (χ4n) is 4.27. The Morgan fingerprint density at radius 2 is 2.03 bits per heavy atom. The molecule has 162 valence electrons. The molecule has 0 bridgehead atoms. The zero-order valence-corrected chi connectivity index (χ0v) is 17.5. The molecular weight excluding hydrogens is 407 g/mol. The third-order valence-corrected chi connectivity index (χ3v) is 6.20. The highest BCUT2D eigenvalue weighted by Crippen LogP contribution is 2.25. The molecule has 0 aromatic carbocycles. The molecule has 5 aromatic heterocycles. The van der Waals surface area contributed by atoms with Crippen molar-refractivity contribution in [1.29, 1.82) is 0 Å². The summed E-state index contributed by atoms with van der Waals surface area (Å²) in [7, 11) is 0. The maximum absolute atomic E-state index is 14.1. The molecule has 0 radical (unpaired) electrons. The van der Waals surface area contributed by atoms with Gasteiger partial charge in [0.1, 0.15) is 23.2 Å². The predicted octanol–water partition coefficient (Wildman–Crippen LogP) is 3.32. The van der Waals surface area contributed by atoms with Crippen LogP contribution in [0, 0.1) is 11.9 Å². The summed E-state index contributed by atoms with van der Waals surface area (Å²) in [6.07, 6.45) is 13.2. The van der Waals surface area contributed by atoms with E-state index in [2.05, 4.69) is 37.3 Å². The van der Waals surface area contributed by atoms with Crippen LogP contribution >= 0.6 is 0 Å². The molecule has 1 aliphatic carbocycles. The van der Waals surface area contributed by atoms with Gasteiger partial charge in [-0.3, -0.25) is 0 Å². The van der Waals surface area contributed by atoms with Gasteiger partial charge in [0.05, 0.1) is 18.4 Å². The number of fused-ring (bicyclic) bond motifs is 2. The lowest BCUT2D eigenvalue weighted by molar-refractivity contribution is 0.301. The lowest BCUT2D eigenvalue weighted by Crippen LogP contribution is -2.26. The smallest absolute Gasteiger partial charge is 0.239 e. The fraction of sp³-hybridized carbons (Fsp3) is 0.304. The van der Waals surface area contributed by atoms with E-state index >= 15 is 0 Å². The second-order valence-corrected chi connectivity index (χ2v) is 8.48. The number of halogens is 1. The zero-order chi connectivity index (χ0) is 21.5. The normalized spacial score (nSPS) is 14.4. The number of imidazole rings is 2. The second kappa shape index (κ2) is 7.83. The number of pyridine rings is 2. The van der Waals surface area contributed by atoms with Gasteiger partial charge in [0.15, 0.2) is 0 Å². The Balaban J connectivity index is 1.19. The topological polar surface area (TPSA) is 77.3 Å². The Labute approximate surface area is 183 Å². The molecule has 9 heteroatoms. The van der Waals surface area contributed by atoms with Crippen molar-refractivity contribution in [3.05, 3.63) is 72.6 Å². The van der Waals surface area contributed by atoms with Gasteiger partial charge in [-0.2, -0.15) is 4.39 Å². The molecule has 32 heavy (non-hydrogen) atoms. The lowest BCUT2D eigenvalue weighted by Gasteiger charge is -2.25. The van der Waals surface area contributed by atoms with Crippen LogP contribution in [-0.4, -0.2) is 40.3 Å². The van der Waals surface area contributed by atoms with Gasteiger partial charge in [-0.05, 0) is 49.1 Å². The van der Waals surface area contributed by atoms with Crippen molar-refractivity contribution < 1.29 is 4.39 Å². The molecule has 1 saturated carbocycles. The third kappa shape index (κ3) is 3.54. The van der Waals surface area contributed by atoms with Crippen LogP contribution in [0.4, 0.5) is 4.39 Å². The Hall–Kier alpha value is -3.59. The highest BCUT2D eigenvalue weighted by Gasteiger charge is 2.16. The Morgan fingerprint density at radius 3 is 2.91 bits per heavy atom. The van der Waals surface area contributed by atoms with Gasteiger partial charge in [0.25, 0.3) is 0 Å². The van der Waals surface area contributed by atoms with Gasteiger partial charge in [-0.15, -0.1) is 5.10 Å². The summed E-state index contributed by atoms with van der Waals surface area (Å²) in [5.41, 5.74) is 4.66. The second-order valence-electron chi connectivity index (χ2n) is 8.48. The first kappa shape index (κ1) is 19.1. The van der Waals surface area contributed by atoms with E-state index in [-0.39, 0.29) is 0 Å². The lowest BCUT2D eigenvalue weighted by atomic mass is 9.85. The van der Waals surface area contributed by atoms with Crippen LogP contribution < -0.4 is 5.32 Å². The van der Waals surface area contributed by atoms with Gasteiger partial charge in [-0.1, -0.05) is 17.7 Å². The van der Waals surface area contributed by atoms with Crippen LogP contribution in [0.15, 0.2) is 55.4 Å². The minimum Gasteiger partial charge on any atom is -0.312 e. The van der Waals surface area contributed by atoms with Crippen LogP contribution in [0.5, 0.6) is 0 Å². The van der Waals surface area contributed by atoms with Crippen LogP contribution in [0.3, 0.4) is 0 Å². The molecule has 8 nitrogen and oxygen atoms in total. The van der Waals surface area contributed by atoms with Crippen LogP contribution in [0.25, 0.3) is 22.4 Å². The van der Waals surface area contributed by atoms with Crippen molar-refractivity contribution in [2.45, 2.75) is 32.4 Å². The van der Waals surface area contributed by atoms with Crippen LogP contribution in [-0.2, 0) is 13.1 Å². The van der Waals surface area contributed by atoms with E-state index in [1.807, 2.05) is 30.6 Å². The van der Waals surface area contributed by atoms with Crippen molar-refractivity contribution in [1.82, 2.24) is 39.1 Å². The molecule has 1 N–H and O–H groups in total. The number of nitrogens with one attached hydrogen (secondary N) is 1. The maximum Gasteiger partial charge on any atom is 0.239 e. The van der Waals surface area contributed by atoms with Gasteiger partial charge in [0, 0.05) is 30.7 Å². The third-order valence-electron chi connectivity index (χ3n) is 6.20. The largest absolute Gasteiger partial charge is 0.312 e. The van der Waals surface area contributed by atoms with E-state index in [4.69, 9.17) is 4.98 Å². The summed E-state index contributed by atoms with van der Waals surface area (Å²) in [5, 5.41) is 12.0. The summed E-state index contributed by atoms with van der Waals surface area (Å²) < 4.78 is 19.5. The van der Waals surface area contributed by atoms with Crippen molar-refractivity contribution >= 4 is 11.2 Å². The molecule has 5 aromatic rings. The number of rotatable bonds is 7. The highest BCUT2D eigenvalue weighted by molar-refractivity contribution is 5.77. The SMILES string of the molecule is Fc1ncn2cccc(-c3cn(Cc4cn5cc(CNCC6CCC6)ccc5n4)nn3)c12. The average Bonchev–Trinajstić information content (AvgIpc) is 3.48. The summed E-state index contributed by atoms with van der Waals surface area (Å²) >= 11 is 0. The predicted molar refractivity (Wildman–Crippen MR) is 118 cm³/mol. The Kier molecular flexibility index (Phi) is 4.68. The van der Waals surface area contributed by atoms with Gasteiger partial charge in [0.2, 0.25) is 5.95 Å². The Bertz CT molecular complexity index is 1390. The quantitative estimate of drug-likeness (QED) is 0.429. The minimum absolute atomic E-state index is 0.394. The van der Waals surface area contributed by atoms with Crippen molar-refractivity contribution in [2.75, 3.05) is 6.54 Å². The van der Waals surface area contributed by atoms with E-state index in [1.165, 1.54) is 31.2 Å². The van der Waals surface area contributed by atoms with E-state index < -0.39 is 5.95 Å².